The number of fused-ring (bicyclic) bond motifs is 2. The van der Waals surface area contributed by atoms with E-state index in [2.05, 4.69) is 27.0 Å². The lowest BCUT2D eigenvalue weighted by Gasteiger charge is -2.48. The smallest absolute Gasteiger partial charge is 0.328 e. The van der Waals surface area contributed by atoms with Gasteiger partial charge in [0.05, 0.1) is 5.69 Å². The molecule has 1 aromatic carbocycles. The van der Waals surface area contributed by atoms with Gasteiger partial charge in [0.25, 0.3) is 0 Å². The first kappa shape index (κ1) is 22.4. The van der Waals surface area contributed by atoms with Gasteiger partial charge in [0.2, 0.25) is 0 Å². The Labute approximate surface area is 179 Å². The van der Waals surface area contributed by atoms with E-state index in [9.17, 15) is 14.0 Å². The van der Waals surface area contributed by atoms with Gasteiger partial charge in [0.1, 0.15) is 5.82 Å². The van der Waals surface area contributed by atoms with Crippen molar-refractivity contribution in [2.24, 2.45) is 0 Å². The summed E-state index contributed by atoms with van der Waals surface area (Å²) in [4.78, 5) is 24.0. The highest BCUT2D eigenvalue weighted by atomic mass is 19.1. The van der Waals surface area contributed by atoms with E-state index in [1.54, 1.807) is 12.1 Å². The van der Waals surface area contributed by atoms with E-state index >= 15 is 0 Å². The monoisotopic (exact) mass is 428 g/mol. The molecule has 0 amide bonds. The van der Waals surface area contributed by atoms with Crippen molar-refractivity contribution >= 4 is 17.8 Å². The first-order valence-electron chi connectivity index (χ1n) is 10.0. The van der Waals surface area contributed by atoms with Gasteiger partial charge in [-0.3, -0.25) is 4.90 Å². The van der Waals surface area contributed by atoms with E-state index in [0.717, 1.165) is 30.2 Å². The lowest BCUT2D eigenvalue weighted by Crippen LogP contribution is -2.59. The summed E-state index contributed by atoms with van der Waals surface area (Å²) < 4.78 is 13.0. The molecule has 164 valence electrons. The zero-order chi connectivity index (χ0) is 22.4. The number of halogens is 1. The van der Waals surface area contributed by atoms with Crippen molar-refractivity contribution in [3.05, 3.63) is 54.4 Å². The molecule has 0 radical (unpaired) electrons. The van der Waals surface area contributed by atoms with Gasteiger partial charge in [-0.1, -0.05) is 6.42 Å². The van der Waals surface area contributed by atoms with E-state index in [1.807, 2.05) is 12.1 Å². The number of anilines is 1. The van der Waals surface area contributed by atoms with Gasteiger partial charge in [-0.05, 0) is 56.3 Å². The molecule has 1 aromatic heterocycles. The zero-order valence-electron chi connectivity index (χ0n) is 17.2. The molecular weight excluding hydrogens is 403 g/mol. The molecule has 2 bridgehead atoms. The lowest BCUT2D eigenvalue weighted by atomic mass is 9.92. The second-order valence-electron chi connectivity index (χ2n) is 7.60. The number of carbonyl (C=O) groups is 2. The van der Waals surface area contributed by atoms with E-state index in [0.29, 0.717) is 24.2 Å². The molecule has 2 aliphatic rings. The van der Waals surface area contributed by atoms with Gasteiger partial charge in [0, 0.05) is 42.9 Å². The lowest BCUT2D eigenvalue weighted by molar-refractivity contribution is -0.134. The topological polar surface area (TPSA) is 107 Å². The van der Waals surface area contributed by atoms with E-state index < -0.39 is 11.9 Å². The maximum atomic E-state index is 13.0. The number of aliphatic carboxylic acids is 2. The average Bonchev–Trinajstić information content (AvgIpc) is 2.73. The fraction of sp³-hybridized carbons (Fsp3) is 0.364. The zero-order valence-corrected chi connectivity index (χ0v) is 17.2. The molecule has 0 aliphatic carbocycles. The Morgan fingerprint density at radius 2 is 1.55 bits per heavy atom. The van der Waals surface area contributed by atoms with Crippen molar-refractivity contribution in [1.29, 1.82) is 0 Å². The molecule has 2 unspecified atom stereocenters. The summed E-state index contributed by atoms with van der Waals surface area (Å²) in [5, 5.41) is 24.4. The Hall–Kier alpha value is -3.33. The summed E-state index contributed by atoms with van der Waals surface area (Å²) >= 11 is 0. The van der Waals surface area contributed by atoms with Gasteiger partial charge in [-0.15, -0.1) is 10.2 Å². The number of carboxylic acid groups (broad SMARTS) is 2. The Morgan fingerprint density at radius 3 is 2.03 bits per heavy atom. The quantitative estimate of drug-likeness (QED) is 0.716. The van der Waals surface area contributed by atoms with Crippen LogP contribution in [0.5, 0.6) is 0 Å². The van der Waals surface area contributed by atoms with Gasteiger partial charge in [0.15, 0.2) is 5.82 Å². The van der Waals surface area contributed by atoms with Crippen molar-refractivity contribution in [2.45, 2.75) is 31.3 Å². The number of benzene rings is 1. The van der Waals surface area contributed by atoms with E-state index in [-0.39, 0.29) is 5.82 Å². The minimum absolute atomic E-state index is 0.234. The molecule has 2 saturated heterocycles. The molecule has 2 N–H and O–H groups in total. The number of carboxylic acids is 2. The molecule has 31 heavy (non-hydrogen) atoms. The van der Waals surface area contributed by atoms with E-state index in [1.165, 1.54) is 31.4 Å². The first-order valence-corrected chi connectivity index (χ1v) is 10.0. The molecule has 2 aliphatic heterocycles. The van der Waals surface area contributed by atoms with Crippen molar-refractivity contribution in [3.8, 4) is 11.3 Å². The second-order valence-corrected chi connectivity index (χ2v) is 7.60. The molecule has 0 spiro atoms. The third-order valence-electron chi connectivity index (χ3n) is 5.57. The standard InChI is InChI=1S/C18H21FN4.C4H4O4/c1-22-15-3-2-4-16(22)12-23(11-15)18-10-9-17(20-21-18)13-5-7-14(19)8-6-13;5-3(6)1-2-4(7)8/h5-10,15-16H,2-4,11-12H2,1H3;1-2H,(H,5,6)(H,7,8)/b;2-1+. The number of piperidine rings is 1. The SMILES string of the molecule is CN1C2CCCC1CN(c1ccc(-c3ccc(F)cc3)nn1)C2.O=C(O)/C=C/C(=O)O. The molecule has 8 nitrogen and oxygen atoms in total. The van der Waals surface area contributed by atoms with Crippen LogP contribution in [0.2, 0.25) is 0 Å². The van der Waals surface area contributed by atoms with Crippen LogP contribution in [0, 0.1) is 5.82 Å². The Balaban J connectivity index is 0.000000293. The van der Waals surface area contributed by atoms with Crippen molar-refractivity contribution < 1.29 is 24.2 Å². The summed E-state index contributed by atoms with van der Waals surface area (Å²) in [5.74, 6) is -1.80. The molecule has 0 saturated carbocycles. The van der Waals surface area contributed by atoms with Crippen LogP contribution in [-0.4, -0.2) is 69.5 Å². The van der Waals surface area contributed by atoms with Crippen molar-refractivity contribution in [2.75, 3.05) is 25.0 Å². The van der Waals surface area contributed by atoms with Crippen molar-refractivity contribution in [3.63, 3.8) is 0 Å². The number of nitrogens with zero attached hydrogens (tertiary/aromatic N) is 4. The first-order chi connectivity index (χ1) is 14.8. The van der Waals surface area contributed by atoms with Gasteiger partial charge < -0.3 is 15.1 Å². The van der Waals surface area contributed by atoms with Gasteiger partial charge >= 0.3 is 11.9 Å². The highest BCUT2D eigenvalue weighted by Gasteiger charge is 2.35. The number of rotatable bonds is 4. The number of likely N-dealkylation sites (N-methyl/N-ethyl adjacent to an activating group) is 1. The summed E-state index contributed by atoms with van der Waals surface area (Å²) in [6.07, 6.45) is 4.99. The highest BCUT2D eigenvalue weighted by Crippen LogP contribution is 2.29. The third kappa shape index (κ3) is 6.08. The predicted molar refractivity (Wildman–Crippen MR) is 113 cm³/mol. The van der Waals surface area contributed by atoms with Crippen LogP contribution in [0.4, 0.5) is 10.2 Å². The molecule has 2 fully saturated rings. The van der Waals surface area contributed by atoms with Crippen LogP contribution in [0.25, 0.3) is 11.3 Å². The summed E-state index contributed by atoms with van der Waals surface area (Å²) in [6, 6.07) is 11.6. The summed E-state index contributed by atoms with van der Waals surface area (Å²) in [5.41, 5.74) is 1.67. The summed E-state index contributed by atoms with van der Waals surface area (Å²) in [6.45, 7) is 2.05. The fourth-order valence-electron chi connectivity index (χ4n) is 3.92. The minimum atomic E-state index is -1.26. The Morgan fingerprint density at radius 1 is 0.968 bits per heavy atom. The number of aromatic nitrogens is 2. The fourth-order valence-corrected chi connectivity index (χ4v) is 3.92. The molecule has 9 heteroatoms. The number of hydrogen-bond donors (Lipinski definition) is 2. The van der Waals surface area contributed by atoms with Crippen LogP contribution < -0.4 is 4.90 Å². The van der Waals surface area contributed by atoms with Crippen molar-refractivity contribution in [1.82, 2.24) is 15.1 Å². The predicted octanol–water partition coefficient (Wildman–Crippen LogP) is 2.67. The third-order valence-corrected chi connectivity index (χ3v) is 5.57. The number of piperazine rings is 1. The minimum Gasteiger partial charge on any atom is -0.478 e. The van der Waals surface area contributed by atoms with Crippen LogP contribution >= 0.6 is 0 Å². The Kier molecular flexibility index (Phi) is 7.30. The molecular formula is C22H25FN4O4. The van der Waals surface area contributed by atoms with Crippen LogP contribution in [0.1, 0.15) is 19.3 Å². The largest absolute Gasteiger partial charge is 0.478 e. The normalized spacial score (nSPS) is 20.8. The highest BCUT2D eigenvalue weighted by molar-refractivity contribution is 5.89. The van der Waals surface area contributed by atoms with Crippen LogP contribution in [0.3, 0.4) is 0 Å². The average molecular weight is 428 g/mol. The van der Waals surface area contributed by atoms with Crippen LogP contribution in [0.15, 0.2) is 48.6 Å². The maximum Gasteiger partial charge on any atom is 0.328 e. The maximum absolute atomic E-state index is 13.0. The summed E-state index contributed by atoms with van der Waals surface area (Å²) in [7, 11) is 2.25. The van der Waals surface area contributed by atoms with E-state index in [4.69, 9.17) is 10.2 Å². The molecule has 2 atom stereocenters. The Bertz CT molecular complexity index is 904. The van der Waals surface area contributed by atoms with Crippen LogP contribution in [-0.2, 0) is 9.59 Å². The molecule has 3 heterocycles. The molecule has 2 aromatic rings. The second kappa shape index (κ2) is 10.1. The van der Waals surface area contributed by atoms with Gasteiger partial charge in [-0.2, -0.15) is 0 Å². The van der Waals surface area contributed by atoms with Gasteiger partial charge in [-0.25, -0.2) is 14.0 Å². The molecule has 4 rings (SSSR count). The number of hydrogen-bond acceptors (Lipinski definition) is 6.